The smallest absolute Gasteiger partial charge is 0.129 e. The number of halogens is 1. The number of carboxylic acids is 1. The van der Waals surface area contributed by atoms with E-state index in [9.17, 15) is 9.90 Å². The average Bonchev–Trinajstić information content (AvgIpc) is 2.46. The highest BCUT2D eigenvalue weighted by atomic mass is 35.5. The molecule has 2 aromatic heterocycles. The Labute approximate surface area is 78.2 Å². The molecule has 0 aliphatic rings. The van der Waals surface area contributed by atoms with Crippen molar-refractivity contribution < 1.29 is 9.90 Å². The van der Waals surface area contributed by atoms with Crippen LogP contribution in [-0.4, -0.2) is 15.9 Å². The Hall–Kier alpha value is -1.55. The highest BCUT2D eigenvalue weighted by Gasteiger charge is 2.02. The van der Waals surface area contributed by atoms with Gasteiger partial charge in [0, 0.05) is 0 Å². The first-order valence-corrected chi connectivity index (χ1v) is 3.91. The van der Waals surface area contributed by atoms with Gasteiger partial charge < -0.3 is 14.9 Å². The Morgan fingerprint density at radius 3 is 3.00 bits per heavy atom. The second kappa shape index (κ2) is 2.74. The van der Waals surface area contributed by atoms with Crippen LogP contribution in [0.5, 0.6) is 0 Å². The van der Waals surface area contributed by atoms with E-state index in [0.717, 1.165) is 0 Å². The summed E-state index contributed by atoms with van der Waals surface area (Å²) in [6.45, 7) is 0. The fourth-order valence-corrected chi connectivity index (χ4v) is 1.25. The quantitative estimate of drug-likeness (QED) is 0.677. The van der Waals surface area contributed by atoms with Crippen molar-refractivity contribution in [2.24, 2.45) is 0 Å². The van der Waals surface area contributed by atoms with Crippen LogP contribution < -0.4 is 5.11 Å². The van der Waals surface area contributed by atoms with E-state index in [1.54, 1.807) is 12.1 Å². The molecule has 0 atom stereocenters. The van der Waals surface area contributed by atoms with Crippen LogP contribution in [0.4, 0.5) is 0 Å². The molecular weight excluding hydrogens is 192 g/mol. The third-order valence-electron chi connectivity index (χ3n) is 1.66. The van der Waals surface area contributed by atoms with E-state index < -0.39 is 5.97 Å². The third-order valence-corrected chi connectivity index (χ3v) is 1.87. The van der Waals surface area contributed by atoms with Gasteiger partial charge in [-0.2, -0.15) is 0 Å². The van der Waals surface area contributed by atoms with Gasteiger partial charge in [0.15, 0.2) is 0 Å². The number of fused-ring (bicyclic) bond motifs is 1. The normalized spacial score (nSPS) is 10.5. The monoisotopic (exact) mass is 195 g/mol. The number of carbonyl (C=O) groups is 1. The van der Waals surface area contributed by atoms with Gasteiger partial charge in [-0.25, -0.2) is 4.98 Å². The number of rotatable bonds is 1. The van der Waals surface area contributed by atoms with Crippen molar-refractivity contribution >= 4 is 28.6 Å². The number of aromatic carboxylic acids is 1. The van der Waals surface area contributed by atoms with Gasteiger partial charge in [-0.05, 0) is 18.2 Å². The number of H-pyrrole nitrogens is 1. The number of hydrogen-bond acceptors (Lipinski definition) is 3. The maximum atomic E-state index is 10.5. The summed E-state index contributed by atoms with van der Waals surface area (Å²) in [5, 5.41) is 10.8. The second-order valence-corrected chi connectivity index (χ2v) is 2.92. The van der Waals surface area contributed by atoms with E-state index in [2.05, 4.69) is 9.97 Å². The Morgan fingerprint density at radius 2 is 2.31 bits per heavy atom. The molecule has 13 heavy (non-hydrogen) atoms. The minimum Gasteiger partial charge on any atom is -0.543 e. The van der Waals surface area contributed by atoms with Crippen LogP contribution in [0.15, 0.2) is 18.2 Å². The van der Waals surface area contributed by atoms with Gasteiger partial charge in [0.05, 0.1) is 22.7 Å². The van der Waals surface area contributed by atoms with Crippen molar-refractivity contribution in [1.82, 2.24) is 9.97 Å². The summed E-state index contributed by atoms with van der Waals surface area (Å²) in [6.07, 6.45) is 0. The molecule has 0 radical (unpaired) electrons. The first-order chi connectivity index (χ1) is 6.16. The molecule has 0 amide bonds. The van der Waals surface area contributed by atoms with Gasteiger partial charge in [-0.15, -0.1) is 0 Å². The Bertz CT molecular complexity index is 478. The molecule has 2 heterocycles. The zero-order valence-electron chi connectivity index (χ0n) is 6.37. The zero-order chi connectivity index (χ0) is 9.42. The first-order valence-electron chi connectivity index (χ1n) is 3.53. The van der Waals surface area contributed by atoms with Crippen LogP contribution in [-0.2, 0) is 0 Å². The van der Waals surface area contributed by atoms with Gasteiger partial charge in [-0.3, -0.25) is 0 Å². The number of aromatic nitrogens is 2. The van der Waals surface area contributed by atoms with Crippen LogP contribution in [0.1, 0.15) is 10.5 Å². The fraction of sp³-hybridized carbons (Fsp3) is 0. The Balaban J connectivity index is 2.68. The number of hydrogen-bond donors (Lipinski definition) is 1. The summed E-state index contributed by atoms with van der Waals surface area (Å²) in [6, 6.07) is 4.63. The number of carbonyl (C=O) groups excluding carboxylic acids is 1. The number of nitrogens with zero attached hydrogens (tertiary/aromatic N) is 1. The largest absolute Gasteiger partial charge is 0.543 e. The molecule has 0 aliphatic carbocycles. The molecule has 0 spiro atoms. The minimum absolute atomic E-state index is 0.00441. The molecule has 0 fully saturated rings. The van der Waals surface area contributed by atoms with Gasteiger partial charge >= 0.3 is 0 Å². The minimum atomic E-state index is -1.26. The number of carboxylic acid groups (broad SMARTS) is 1. The summed E-state index contributed by atoms with van der Waals surface area (Å²) in [7, 11) is 0. The molecule has 1 N–H and O–H groups in total. The van der Waals surface area contributed by atoms with Crippen molar-refractivity contribution in [2.45, 2.75) is 0 Å². The van der Waals surface area contributed by atoms with E-state index in [1.165, 1.54) is 6.07 Å². The van der Waals surface area contributed by atoms with Gasteiger partial charge in [-0.1, -0.05) is 11.6 Å². The summed E-state index contributed by atoms with van der Waals surface area (Å²) >= 11 is 5.62. The second-order valence-electron chi connectivity index (χ2n) is 2.54. The van der Waals surface area contributed by atoms with Gasteiger partial charge in [0.1, 0.15) is 5.15 Å². The van der Waals surface area contributed by atoms with Gasteiger partial charge in [0.2, 0.25) is 0 Å². The Kier molecular flexibility index (Phi) is 1.70. The lowest BCUT2D eigenvalue weighted by Gasteiger charge is -1.93. The van der Waals surface area contributed by atoms with Crippen LogP contribution >= 0.6 is 11.6 Å². The number of pyridine rings is 1. The van der Waals surface area contributed by atoms with Crippen LogP contribution in [0, 0.1) is 0 Å². The lowest BCUT2D eigenvalue weighted by Crippen LogP contribution is -2.22. The highest BCUT2D eigenvalue weighted by Crippen LogP contribution is 2.15. The molecule has 0 aromatic carbocycles. The molecule has 4 nitrogen and oxygen atoms in total. The topological polar surface area (TPSA) is 68.8 Å². The Morgan fingerprint density at radius 1 is 1.54 bits per heavy atom. The molecule has 0 unspecified atom stereocenters. The van der Waals surface area contributed by atoms with Crippen LogP contribution in [0.2, 0.25) is 5.15 Å². The fourth-order valence-electron chi connectivity index (χ4n) is 1.09. The molecule has 2 aromatic rings. The molecule has 2 rings (SSSR count). The van der Waals surface area contributed by atoms with Crippen molar-refractivity contribution in [2.75, 3.05) is 0 Å². The summed E-state index contributed by atoms with van der Waals surface area (Å²) < 4.78 is 0. The molecular formula is C8H4ClN2O2-. The lowest BCUT2D eigenvalue weighted by molar-refractivity contribution is -0.255. The van der Waals surface area contributed by atoms with E-state index in [1.807, 2.05) is 0 Å². The highest BCUT2D eigenvalue weighted by molar-refractivity contribution is 6.29. The van der Waals surface area contributed by atoms with Crippen molar-refractivity contribution in [3.63, 3.8) is 0 Å². The SMILES string of the molecule is O=C([O-])c1cc2nc(Cl)ccc2[nH]1. The van der Waals surface area contributed by atoms with Crippen molar-refractivity contribution in [1.29, 1.82) is 0 Å². The number of nitrogens with one attached hydrogen (secondary N) is 1. The maximum Gasteiger partial charge on any atom is 0.129 e. The molecule has 0 saturated heterocycles. The molecule has 0 saturated carbocycles. The van der Waals surface area contributed by atoms with Crippen molar-refractivity contribution in [3.8, 4) is 0 Å². The standard InChI is InChI=1S/C8H5ClN2O2/c9-7-2-1-4-5(11-7)3-6(10-4)8(12)13/h1-3,10H,(H,12,13)/p-1. The van der Waals surface area contributed by atoms with Gasteiger partial charge in [0.25, 0.3) is 0 Å². The van der Waals surface area contributed by atoms with E-state index >= 15 is 0 Å². The predicted molar refractivity (Wildman–Crippen MR) is 45.4 cm³/mol. The average molecular weight is 196 g/mol. The molecule has 66 valence electrons. The molecule has 5 heteroatoms. The predicted octanol–water partition coefficient (Wildman–Crippen LogP) is 0.580. The van der Waals surface area contributed by atoms with Crippen LogP contribution in [0.25, 0.3) is 11.0 Å². The van der Waals surface area contributed by atoms with E-state index in [0.29, 0.717) is 16.2 Å². The zero-order valence-corrected chi connectivity index (χ0v) is 7.13. The first kappa shape index (κ1) is 8.07. The third kappa shape index (κ3) is 1.36. The van der Waals surface area contributed by atoms with E-state index in [4.69, 9.17) is 11.6 Å². The number of aromatic amines is 1. The summed E-state index contributed by atoms with van der Waals surface area (Å²) in [5.41, 5.74) is 1.15. The summed E-state index contributed by atoms with van der Waals surface area (Å²) in [4.78, 5) is 17.0. The molecule has 0 bridgehead atoms. The van der Waals surface area contributed by atoms with Crippen molar-refractivity contribution in [3.05, 3.63) is 29.0 Å². The summed E-state index contributed by atoms with van der Waals surface area (Å²) in [5.74, 6) is -1.26. The lowest BCUT2D eigenvalue weighted by atomic mass is 10.4. The van der Waals surface area contributed by atoms with Crippen LogP contribution in [0.3, 0.4) is 0 Å². The maximum absolute atomic E-state index is 10.5. The van der Waals surface area contributed by atoms with E-state index in [-0.39, 0.29) is 5.69 Å². The molecule has 0 aliphatic heterocycles.